The van der Waals surface area contributed by atoms with Gasteiger partial charge in [-0.2, -0.15) is 0 Å². The van der Waals surface area contributed by atoms with Crippen molar-refractivity contribution >= 4 is 43.7 Å². The molecule has 0 saturated carbocycles. The highest BCUT2D eigenvalue weighted by molar-refractivity contribution is 8.00. The Kier molecular flexibility index (Phi) is 23.8. The molecule has 1 aromatic heterocycles. The molecule has 3 atom stereocenters. The van der Waals surface area contributed by atoms with Crippen LogP contribution in [0.2, 0.25) is 10.6 Å². The summed E-state index contributed by atoms with van der Waals surface area (Å²) in [5.41, 5.74) is 0.930. The third-order valence-corrected chi connectivity index (χ3v) is 18.3. The molecule has 0 bridgehead atoms. The van der Waals surface area contributed by atoms with Crippen molar-refractivity contribution in [2.24, 2.45) is 11.3 Å². The largest absolute Gasteiger partial charge is 0.480 e. The highest BCUT2D eigenvalue weighted by atomic mass is 32.2. The fourth-order valence-electron chi connectivity index (χ4n) is 9.26. The number of nitrogens with one attached hydrogen (secondary N) is 3. The number of carbonyl (C=O) groups is 3. The zero-order valence-electron chi connectivity index (χ0n) is 41.1. The normalized spacial score (nSPS) is 15.6. The predicted molar refractivity (Wildman–Crippen MR) is 275 cm³/mol. The third kappa shape index (κ3) is 16.7. The highest BCUT2D eigenvalue weighted by Crippen LogP contribution is 2.45. The van der Waals surface area contributed by atoms with E-state index in [1.54, 1.807) is 35.4 Å². The molecule has 2 amide bonds. The van der Waals surface area contributed by atoms with Crippen LogP contribution in [0.5, 0.6) is 0 Å². The topological polar surface area (TPSA) is 153 Å². The van der Waals surface area contributed by atoms with Crippen LogP contribution in [0.25, 0.3) is 11.1 Å². The van der Waals surface area contributed by atoms with Gasteiger partial charge in [-0.25, -0.2) is 13.6 Å². The van der Waals surface area contributed by atoms with Crippen molar-refractivity contribution in [3.8, 4) is 11.1 Å². The smallest absolute Gasteiger partial charge is 0.327 e. The maximum Gasteiger partial charge on any atom is 0.327 e. The van der Waals surface area contributed by atoms with Crippen LogP contribution in [0.4, 0.5) is 8.78 Å². The molecule has 13 nitrogen and oxygen atoms in total. The van der Waals surface area contributed by atoms with E-state index in [0.717, 1.165) is 55.0 Å². The summed E-state index contributed by atoms with van der Waals surface area (Å²) in [6.07, 6.45) is 9.94. The van der Waals surface area contributed by atoms with Crippen LogP contribution in [0.1, 0.15) is 56.8 Å². The minimum atomic E-state index is -1.27. The first-order valence-corrected chi connectivity index (χ1v) is 28.1. The van der Waals surface area contributed by atoms with Crippen molar-refractivity contribution in [2.45, 2.75) is 73.1 Å². The van der Waals surface area contributed by atoms with E-state index >= 15 is 4.39 Å². The number of hydrogen-bond acceptors (Lipinski definition) is 10. The van der Waals surface area contributed by atoms with Crippen LogP contribution in [-0.4, -0.2) is 147 Å². The van der Waals surface area contributed by atoms with Gasteiger partial charge in [-0.05, 0) is 59.7 Å². The van der Waals surface area contributed by atoms with Crippen LogP contribution in [0.15, 0.2) is 98.8 Å². The van der Waals surface area contributed by atoms with Gasteiger partial charge in [0.1, 0.15) is 17.7 Å². The van der Waals surface area contributed by atoms with Crippen molar-refractivity contribution in [2.75, 3.05) is 90.5 Å². The number of thioether (sulfide) groups is 1. The number of amides is 2. The van der Waals surface area contributed by atoms with E-state index in [9.17, 15) is 23.9 Å². The Bertz CT molecular complexity index is 2110. The van der Waals surface area contributed by atoms with Crippen molar-refractivity contribution in [1.29, 1.82) is 0 Å². The lowest BCUT2D eigenvalue weighted by molar-refractivity contribution is -0.141. The molecule has 4 N–H and O–H groups in total. The number of rotatable bonds is 36. The van der Waals surface area contributed by atoms with Crippen molar-refractivity contribution in [1.82, 2.24) is 25.4 Å². The van der Waals surface area contributed by atoms with Crippen LogP contribution in [0, 0.1) is 23.0 Å². The van der Waals surface area contributed by atoms with Crippen molar-refractivity contribution in [3.63, 3.8) is 0 Å². The molecule has 3 aromatic rings. The summed E-state index contributed by atoms with van der Waals surface area (Å²) in [7, 11) is 0. The van der Waals surface area contributed by atoms with Gasteiger partial charge in [-0.3, -0.25) is 9.59 Å². The molecular formula is C53H74AlF2N5O8S. The Labute approximate surface area is 422 Å². The van der Waals surface area contributed by atoms with Gasteiger partial charge in [-0.15, -0.1) is 42.1 Å². The molecule has 2 fully saturated rings. The van der Waals surface area contributed by atoms with Gasteiger partial charge in [0.15, 0.2) is 0 Å². The van der Waals surface area contributed by atoms with Gasteiger partial charge in [0.05, 0.1) is 64.6 Å². The van der Waals surface area contributed by atoms with E-state index in [1.807, 2.05) is 34.9 Å². The molecule has 5 rings (SSSR count). The minimum Gasteiger partial charge on any atom is -0.480 e. The number of carbonyl (C=O) groups excluding carboxylic acids is 2. The fourth-order valence-corrected chi connectivity index (χ4v) is 13.5. The Morgan fingerprint density at radius 2 is 1.57 bits per heavy atom. The van der Waals surface area contributed by atoms with Crippen LogP contribution in [-0.2, 0) is 39.9 Å². The van der Waals surface area contributed by atoms with Crippen LogP contribution in [0.3, 0.4) is 0 Å². The van der Waals surface area contributed by atoms with Gasteiger partial charge >= 0.3 is 5.97 Å². The average Bonchev–Trinajstić information content (AvgIpc) is 3.95. The zero-order chi connectivity index (χ0) is 50.4. The summed E-state index contributed by atoms with van der Waals surface area (Å²) in [4.78, 5) is 41.7. The van der Waals surface area contributed by atoms with E-state index in [4.69, 9.17) is 18.9 Å². The quantitative estimate of drug-likeness (QED) is 0.0261. The number of halogens is 2. The highest BCUT2D eigenvalue weighted by Gasteiger charge is 2.47. The molecule has 1 unspecified atom stereocenters. The van der Waals surface area contributed by atoms with E-state index in [0.29, 0.717) is 74.9 Å². The molecule has 382 valence electrons. The summed E-state index contributed by atoms with van der Waals surface area (Å²) in [5, 5.41) is 22.7. The molecule has 17 heteroatoms. The molecule has 0 radical (unpaired) electrons. The molecule has 0 spiro atoms. The third-order valence-electron chi connectivity index (χ3n) is 13.5. The lowest BCUT2D eigenvalue weighted by Crippen LogP contribution is -2.51. The summed E-state index contributed by atoms with van der Waals surface area (Å²) >= 11 is 0.495. The first kappa shape index (κ1) is 56.8. The lowest BCUT2D eigenvalue weighted by Gasteiger charge is -2.43. The second-order valence-electron chi connectivity index (χ2n) is 18.0. The summed E-state index contributed by atoms with van der Waals surface area (Å²) in [6.45, 7) is 23.2. The Morgan fingerprint density at radius 3 is 2.16 bits per heavy atom. The number of carboxylic acid groups (broad SMARTS) is 1. The molecule has 2 aromatic carbocycles. The maximum absolute atomic E-state index is 15.4. The standard InChI is InChI=1S/C51H70F2N5O8S.C2H4.Al/c1-6-42(7-2)55-21-23-64-25-27-66-29-28-65-26-24-63-22-19-47(59)56-45(50(61)62)36-67-37-48(60)58(34-39-18-20-54-32-39)49(51(8-3,9-4)10-5)46-30-40(43-31-41(52)16-17-44(43)53)35-57(46)33-38-14-12-11-13-15-38;1-2;/h8-17,30-31,35,39,45,49,54-55H,3-7,18-29,32-34,36-37H2,1-2H3,(H,56,59)(H,61,62);1-2H2;/t39?,45-,49-;;/m0../s1. The Hall–Kier alpha value is -4.15. The molecular weight excluding hydrogens is 932 g/mol. The fraction of sp³-hybridized carbons (Fsp3) is 0.528. The van der Waals surface area contributed by atoms with Crippen molar-refractivity contribution in [3.05, 3.63) is 122 Å². The summed E-state index contributed by atoms with van der Waals surface area (Å²) in [5.74, 6) is -3.36. The number of benzene rings is 2. The van der Waals surface area contributed by atoms with Crippen molar-refractivity contribution < 1.29 is 47.2 Å². The first-order chi connectivity index (χ1) is 33.9. The molecule has 2 saturated heterocycles. The second-order valence-corrected chi connectivity index (χ2v) is 22.7. The summed E-state index contributed by atoms with van der Waals surface area (Å²) < 4.78 is 54.8. The maximum atomic E-state index is 15.4. The average molecular weight is 1010 g/mol. The molecule has 0 aliphatic carbocycles. The number of aliphatic carboxylic acids is 1. The van der Waals surface area contributed by atoms with Gasteiger partial charge < -0.3 is 49.5 Å². The van der Waals surface area contributed by atoms with Gasteiger partial charge in [0, 0.05) is 60.2 Å². The first-order valence-electron chi connectivity index (χ1n) is 24.7. The van der Waals surface area contributed by atoms with Gasteiger partial charge in [0.2, 0.25) is 11.8 Å². The zero-order valence-corrected chi connectivity index (χ0v) is 43.1. The minimum absolute atomic E-state index is 0.0613. The van der Waals surface area contributed by atoms with Crippen LogP contribution < -0.4 is 16.0 Å². The van der Waals surface area contributed by atoms with E-state index in [1.165, 1.54) is 23.4 Å². The number of ether oxygens (including phenoxy) is 4. The number of aromatic nitrogens is 1. The van der Waals surface area contributed by atoms with E-state index < -0.39 is 55.2 Å². The van der Waals surface area contributed by atoms with E-state index in [2.05, 4.69) is 49.5 Å². The number of carboxylic acids is 1. The second kappa shape index (κ2) is 29.4. The predicted octanol–water partition coefficient (Wildman–Crippen LogP) is 7.46. The van der Waals surface area contributed by atoms with E-state index in [-0.39, 0.29) is 48.5 Å². The van der Waals surface area contributed by atoms with Gasteiger partial charge in [-0.1, -0.05) is 75.2 Å². The lowest BCUT2D eigenvalue weighted by atomic mass is 9.77. The number of hydrogen-bond donors (Lipinski definition) is 4. The molecule has 2 aliphatic heterocycles. The monoisotopic (exact) mass is 1010 g/mol. The number of nitrogens with zero attached hydrogens (tertiary/aromatic N) is 2. The summed E-state index contributed by atoms with van der Waals surface area (Å²) in [6, 6.07) is 12.7. The SMILES string of the molecule is C=CC(C=C)(C=C)[C@H](c1cc(-c2cc(F)ccc2F)cn1Cc1ccccc1)N(CC1CCNC1)C(=O)CSC[C@H](NC(=O)CCOCCOCCOCCOCCN[C](CC)(CC)[Al]1[CH2][CH2]1)C(=O)O. The Morgan fingerprint density at radius 1 is 0.929 bits per heavy atom. The molecule has 3 heterocycles. The Balaban J connectivity index is 1.13. The molecule has 2 aliphatic rings. The molecule has 70 heavy (non-hydrogen) atoms. The van der Waals surface area contributed by atoms with Gasteiger partial charge in [0.25, 0.3) is 14.1 Å². The van der Waals surface area contributed by atoms with Crippen LogP contribution >= 0.6 is 11.8 Å².